The number of hydrogen-bond donors (Lipinski definition) is 3. The molecule has 0 spiro atoms. The van der Waals surface area contributed by atoms with E-state index in [4.69, 9.17) is 0 Å². The van der Waals surface area contributed by atoms with Gasteiger partial charge in [0.05, 0.1) is 4.90 Å². The van der Waals surface area contributed by atoms with Crippen LogP contribution in [0.25, 0.3) is 0 Å². The largest absolute Gasteiger partial charge is 0.379 e. The van der Waals surface area contributed by atoms with Crippen molar-refractivity contribution in [2.45, 2.75) is 44.2 Å². The predicted molar refractivity (Wildman–Crippen MR) is 140 cm³/mol. The van der Waals surface area contributed by atoms with Gasteiger partial charge in [0.2, 0.25) is 5.91 Å². The Balaban J connectivity index is 1.49. The van der Waals surface area contributed by atoms with Crippen molar-refractivity contribution in [3.05, 3.63) is 90.0 Å². The topological polar surface area (TPSA) is 99.7 Å². The van der Waals surface area contributed by atoms with E-state index < -0.39 is 16.1 Å². The molecule has 0 saturated heterocycles. The van der Waals surface area contributed by atoms with Crippen LogP contribution in [0, 0.1) is 5.92 Å². The van der Waals surface area contributed by atoms with Crippen LogP contribution in [-0.2, 0) is 14.8 Å². The number of benzene rings is 3. The lowest BCUT2D eigenvalue weighted by Crippen LogP contribution is -2.34. The van der Waals surface area contributed by atoms with E-state index in [9.17, 15) is 13.2 Å². The minimum absolute atomic E-state index is 0.0903. The van der Waals surface area contributed by atoms with Crippen LogP contribution in [-0.4, -0.2) is 26.2 Å². The Morgan fingerprint density at radius 3 is 2.23 bits per heavy atom. The third-order valence-electron chi connectivity index (χ3n) is 6.22. The summed E-state index contributed by atoms with van der Waals surface area (Å²) in [5.41, 5.74) is 3.25. The van der Waals surface area contributed by atoms with Gasteiger partial charge in [-0.2, -0.15) is 0 Å². The highest BCUT2D eigenvalue weighted by molar-refractivity contribution is 7.90. The maximum atomic E-state index is 13.2. The summed E-state index contributed by atoms with van der Waals surface area (Å²) >= 11 is 0. The van der Waals surface area contributed by atoms with E-state index in [1.807, 2.05) is 56.3 Å². The fraction of sp³-hybridized carbons (Fsp3) is 0.259. The molecule has 0 saturated carbocycles. The number of hydrogen-bond acceptors (Lipinski definition) is 5. The lowest BCUT2D eigenvalue weighted by atomic mass is 9.98. The van der Waals surface area contributed by atoms with Crippen LogP contribution >= 0.6 is 0 Å². The van der Waals surface area contributed by atoms with E-state index in [2.05, 4.69) is 39.4 Å². The van der Waals surface area contributed by atoms with Gasteiger partial charge in [-0.05, 0) is 54.8 Å². The molecule has 3 aromatic rings. The second-order valence-corrected chi connectivity index (χ2v) is 10.4. The summed E-state index contributed by atoms with van der Waals surface area (Å²) < 4.78 is 27.4. The average Bonchev–Trinajstić information content (AvgIpc) is 3.13. The summed E-state index contributed by atoms with van der Waals surface area (Å²) in [4.78, 5) is 18.0. The fourth-order valence-corrected chi connectivity index (χ4v) is 5.22. The van der Waals surface area contributed by atoms with Crippen LogP contribution in [0.1, 0.15) is 44.4 Å². The molecule has 4 rings (SSSR count). The Hall–Kier alpha value is -3.65. The monoisotopic (exact) mass is 490 g/mol. The molecule has 3 aromatic carbocycles. The molecule has 3 N–H and O–H groups in total. The third-order valence-corrected chi connectivity index (χ3v) is 7.61. The summed E-state index contributed by atoms with van der Waals surface area (Å²) in [5.74, 6) is -0.170. The first-order valence-electron chi connectivity index (χ1n) is 11.7. The number of amides is 1. The highest BCUT2D eigenvalue weighted by atomic mass is 32.2. The zero-order valence-corrected chi connectivity index (χ0v) is 20.8. The molecular formula is C27H30N4O3S. The van der Waals surface area contributed by atoms with Gasteiger partial charge in [-0.3, -0.25) is 14.5 Å². The number of aliphatic imine (C=N–C) groups is 1. The first kappa shape index (κ1) is 24.5. The molecule has 1 amide bonds. The van der Waals surface area contributed by atoms with Crippen molar-refractivity contribution in [2.24, 2.45) is 10.9 Å². The Bertz CT molecular complexity index is 1320. The van der Waals surface area contributed by atoms with E-state index in [1.165, 1.54) is 11.6 Å². The molecule has 0 fully saturated rings. The number of rotatable bonds is 8. The van der Waals surface area contributed by atoms with Crippen LogP contribution in [0.4, 0.5) is 11.4 Å². The van der Waals surface area contributed by atoms with E-state index >= 15 is 0 Å². The molecule has 0 aromatic heterocycles. The van der Waals surface area contributed by atoms with Gasteiger partial charge >= 0.3 is 0 Å². The Morgan fingerprint density at radius 1 is 0.914 bits per heavy atom. The molecule has 7 nitrogen and oxygen atoms in total. The van der Waals surface area contributed by atoms with Crippen LogP contribution in [0.2, 0.25) is 0 Å². The highest BCUT2D eigenvalue weighted by Gasteiger charge is 2.33. The molecule has 8 heteroatoms. The molecule has 1 aliphatic heterocycles. The van der Waals surface area contributed by atoms with Crippen molar-refractivity contribution < 1.29 is 13.2 Å². The SMILES string of the molecule is CC[C@H](C)[C@H](N=C1NS(=O)(=O)c2ccccc21)C(=O)Nc1ccc(NC(C)c2ccccc2)cc1. The van der Waals surface area contributed by atoms with Crippen LogP contribution in [0.3, 0.4) is 0 Å². The molecule has 3 atom stereocenters. The van der Waals surface area contributed by atoms with Crippen LogP contribution in [0.15, 0.2) is 88.8 Å². The van der Waals surface area contributed by atoms with Crippen molar-refractivity contribution in [3.63, 3.8) is 0 Å². The first-order chi connectivity index (χ1) is 16.8. The first-order valence-corrected chi connectivity index (χ1v) is 13.2. The molecule has 0 aliphatic carbocycles. The van der Waals surface area contributed by atoms with Crippen LogP contribution < -0.4 is 15.4 Å². The van der Waals surface area contributed by atoms with Gasteiger partial charge in [-0.25, -0.2) is 8.42 Å². The van der Waals surface area contributed by atoms with Crippen LogP contribution in [0.5, 0.6) is 0 Å². The van der Waals surface area contributed by atoms with Gasteiger partial charge in [-0.15, -0.1) is 0 Å². The van der Waals surface area contributed by atoms with Gasteiger partial charge in [-0.1, -0.05) is 62.7 Å². The van der Waals surface area contributed by atoms with Crippen molar-refractivity contribution in [2.75, 3.05) is 10.6 Å². The van der Waals surface area contributed by atoms with Gasteiger partial charge < -0.3 is 10.6 Å². The normalized spacial score (nSPS) is 17.6. The fourth-order valence-electron chi connectivity index (χ4n) is 3.98. The third kappa shape index (κ3) is 5.54. The standard InChI is InChI=1S/C27H30N4O3S/c1-4-18(2)25(30-26-23-12-8-9-13-24(23)35(33,34)31-26)27(32)29-22-16-14-21(15-17-22)28-19(3)20-10-6-5-7-11-20/h5-19,25,28H,4H2,1-3H3,(H,29,32)(H,30,31)/t18-,19?,25-/m0/s1. The van der Waals surface area contributed by atoms with Gasteiger partial charge in [0.15, 0.2) is 0 Å². The molecule has 35 heavy (non-hydrogen) atoms. The molecule has 1 unspecified atom stereocenters. The number of nitrogens with zero attached hydrogens (tertiary/aromatic N) is 1. The molecular weight excluding hydrogens is 460 g/mol. The number of anilines is 2. The van der Waals surface area contributed by atoms with Crippen molar-refractivity contribution in [1.82, 2.24) is 4.72 Å². The number of carbonyl (C=O) groups excluding carboxylic acids is 1. The highest BCUT2D eigenvalue weighted by Crippen LogP contribution is 2.25. The zero-order valence-electron chi connectivity index (χ0n) is 20.0. The lowest BCUT2D eigenvalue weighted by molar-refractivity contribution is -0.118. The smallest absolute Gasteiger partial charge is 0.263 e. The van der Waals surface area contributed by atoms with Gasteiger partial charge in [0.25, 0.3) is 10.0 Å². The number of nitrogens with one attached hydrogen (secondary N) is 3. The number of amidine groups is 1. The Kier molecular flexibility index (Phi) is 7.21. The summed E-state index contributed by atoms with van der Waals surface area (Å²) in [6.07, 6.45) is 0.712. The van der Waals surface area contributed by atoms with Crippen molar-refractivity contribution in [3.8, 4) is 0 Å². The number of fused-ring (bicyclic) bond motifs is 1. The minimum Gasteiger partial charge on any atom is -0.379 e. The summed E-state index contributed by atoms with van der Waals surface area (Å²) in [6.45, 7) is 6.00. The lowest BCUT2D eigenvalue weighted by Gasteiger charge is -2.20. The Morgan fingerprint density at radius 2 is 1.54 bits per heavy atom. The molecule has 1 heterocycles. The maximum absolute atomic E-state index is 13.2. The molecule has 0 bridgehead atoms. The summed E-state index contributed by atoms with van der Waals surface area (Å²) in [5, 5.41) is 6.39. The summed E-state index contributed by atoms with van der Waals surface area (Å²) in [6, 6.07) is 23.7. The Labute approximate surface area is 206 Å². The van der Waals surface area contributed by atoms with Gasteiger partial charge in [0.1, 0.15) is 11.9 Å². The van der Waals surface area contributed by atoms with E-state index in [0.717, 1.165) is 5.69 Å². The number of carbonyl (C=O) groups is 1. The quantitative estimate of drug-likeness (QED) is 0.416. The molecule has 182 valence electrons. The van der Waals surface area contributed by atoms with E-state index in [1.54, 1.807) is 18.2 Å². The average molecular weight is 491 g/mol. The summed E-state index contributed by atoms with van der Waals surface area (Å²) in [7, 11) is -3.67. The van der Waals surface area contributed by atoms with E-state index in [0.29, 0.717) is 17.7 Å². The molecule has 0 radical (unpaired) electrons. The number of sulfonamides is 1. The van der Waals surface area contributed by atoms with Crippen molar-refractivity contribution >= 4 is 33.1 Å². The van der Waals surface area contributed by atoms with Gasteiger partial charge in [0, 0.05) is 23.0 Å². The van der Waals surface area contributed by atoms with Crippen molar-refractivity contribution in [1.29, 1.82) is 0 Å². The second kappa shape index (κ2) is 10.3. The zero-order chi connectivity index (χ0) is 25.0. The predicted octanol–water partition coefficient (Wildman–Crippen LogP) is 4.95. The van der Waals surface area contributed by atoms with E-state index in [-0.39, 0.29) is 28.6 Å². The minimum atomic E-state index is -3.67. The molecule has 1 aliphatic rings. The maximum Gasteiger partial charge on any atom is 0.263 e. The second-order valence-electron chi connectivity index (χ2n) is 8.75.